The molecule has 0 rings (SSSR count). The van der Waals surface area contributed by atoms with Crippen LogP contribution in [0.2, 0.25) is 0 Å². The SMILES string of the molecule is Br.N=C=S. The molecule has 4 heavy (non-hydrogen) atoms. The third-order valence-corrected chi connectivity index (χ3v) is 0. The van der Waals surface area contributed by atoms with Gasteiger partial charge in [0.2, 0.25) is 0 Å². The lowest BCUT2D eigenvalue weighted by atomic mass is 11.8. The third-order valence-electron chi connectivity index (χ3n) is 0. The normalized spacial score (nSPS) is 2.00. The molecule has 0 fully saturated rings. The van der Waals surface area contributed by atoms with Crippen molar-refractivity contribution in [3.63, 3.8) is 0 Å². The fourth-order valence-electron chi connectivity index (χ4n) is 0. The number of isothiocyanates is 1. The lowest BCUT2D eigenvalue weighted by molar-refractivity contribution is 1.61. The molecule has 0 saturated carbocycles. The first-order valence-corrected chi connectivity index (χ1v) is 0.862. The minimum Gasteiger partial charge on any atom is -0.248 e. The predicted octanol–water partition coefficient (Wildman–Crippen LogP) is 1.25. The maximum absolute atomic E-state index is 5.77. The molecule has 0 aliphatic heterocycles. The maximum Gasteiger partial charge on any atom is 0.0554 e. The van der Waals surface area contributed by atoms with Gasteiger partial charge in [-0.05, 0) is 12.2 Å². The van der Waals surface area contributed by atoms with Crippen LogP contribution in [0.3, 0.4) is 0 Å². The van der Waals surface area contributed by atoms with Gasteiger partial charge < -0.3 is 0 Å². The van der Waals surface area contributed by atoms with Gasteiger partial charge in [-0.1, -0.05) is 0 Å². The Kier molecular flexibility index (Phi) is 23.0. The van der Waals surface area contributed by atoms with E-state index in [9.17, 15) is 0 Å². The number of hydrogen-bond donors (Lipinski definition) is 1. The van der Waals surface area contributed by atoms with Gasteiger partial charge in [0, 0.05) is 0 Å². The monoisotopic (exact) mass is 139 g/mol. The van der Waals surface area contributed by atoms with E-state index >= 15 is 0 Å². The number of nitrogens with one attached hydrogen (secondary N) is 1. The fourth-order valence-corrected chi connectivity index (χ4v) is 0. The van der Waals surface area contributed by atoms with Gasteiger partial charge in [0.05, 0.1) is 5.16 Å². The Bertz CT molecular complexity index is 29.0. The van der Waals surface area contributed by atoms with Crippen molar-refractivity contribution in [3.05, 3.63) is 0 Å². The average Bonchev–Trinajstić information content (AvgIpc) is 0.918. The molecule has 0 radical (unpaired) electrons. The minimum atomic E-state index is 0. The summed E-state index contributed by atoms with van der Waals surface area (Å²) in [7, 11) is 0. The summed E-state index contributed by atoms with van der Waals surface area (Å²) in [5, 5.41) is 7.36. The van der Waals surface area contributed by atoms with Crippen molar-refractivity contribution < 1.29 is 0 Å². The van der Waals surface area contributed by atoms with E-state index < -0.39 is 0 Å². The van der Waals surface area contributed by atoms with Crippen LogP contribution >= 0.6 is 29.2 Å². The molecule has 0 aromatic carbocycles. The van der Waals surface area contributed by atoms with E-state index in [0.29, 0.717) is 0 Å². The maximum atomic E-state index is 5.77. The van der Waals surface area contributed by atoms with Gasteiger partial charge in [-0.3, -0.25) is 0 Å². The summed E-state index contributed by atoms with van der Waals surface area (Å²) in [6, 6.07) is 0. The summed E-state index contributed by atoms with van der Waals surface area (Å²) >= 11 is 3.81. The van der Waals surface area contributed by atoms with E-state index in [-0.39, 0.29) is 17.0 Å². The Balaban J connectivity index is 0. The summed E-state index contributed by atoms with van der Waals surface area (Å²) in [6.07, 6.45) is 0. The summed E-state index contributed by atoms with van der Waals surface area (Å²) in [5.41, 5.74) is 0. The Hall–Kier alpha value is 0.280. The molecule has 0 unspecified atom stereocenters. The summed E-state index contributed by atoms with van der Waals surface area (Å²) in [5.74, 6) is 0. The van der Waals surface area contributed by atoms with Crippen molar-refractivity contribution in [3.8, 4) is 0 Å². The number of thiocarbonyl (C=S) groups is 1. The van der Waals surface area contributed by atoms with Gasteiger partial charge in [-0.2, -0.15) is 0 Å². The van der Waals surface area contributed by atoms with Gasteiger partial charge in [0.1, 0.15) is 0 Å². The zero-order chi connectivity index (χ0) is 2.71. The average molecular weight is 140 g/mol. The molecule has 1 N–H and O–H groups in total. The molecule has 3 heteroatoms. The molecule has 0 aliphatic rings. The van der Waals surface area contributed by atoms with Crippen LogP contribution in [0.4, 0.5) is 0 Å². The molecule has 0 atom stereocenters. The van der Waals surface area contributed by atoms with E-state index in [1.165, 1.54) is 0 Å². The largest absolute Gasteiger partial charge is 0.248 e. The van der Waals surface area contributed by atoms with Crippen LogP contribution in [0.1, 0.15) is 0 Å². The Morgan fingerprint density at radius 1 is 1.75 bits per heavy atom. The van der Waals surface area contributed by atoms with Gasteiger partial charge in [0.15, 0.2) is 0 Å². The molecular weight excluding hydrogens is 138 g/mol. The smallest absolute Gasteiger partial charge is 0.0554 e. The summed E-state index contributed by atoms with van der Waals surface area (Å²) < 4.78 is 0. The highest BCUT2D eigenvalue weighted by Gasteiger charge is 0.975. The van der Waals surface area contributed by atoms with Crippen molar-refractivity contribution in [2.45, 2.75) is 0 Å². The van der Waals surface area contributed by atoms with E-state index in [4.69, 9.17) is 5.41 Å². The lowest BCUT2D eigenvalue weighted by Crippen LogP contribution is -1.03. The predicted molar refractivity (Wildman–Crippen MR) is 25.6 cm³/mol. The number of hydrogen-bond acceptors (Lipinski definition) is 2. The second-order valence-electron chi connectivity index (χ2n) is 0.102. The molecule has 0 aromatic heterocycles. The highest BCUT2D eigenvalue weighted by atomic mass is 79.9. The van der Waals surface area contributed by atoms with Gasteiger partial charge in [-0.25, -0.2) is 5.41 Å². The van der Waals surface area contributed by atoms with Gasteiger partial charge >= 0.3 is 0 Å². The van der Waals surface area contributed by atoms with E-state index in [2.05, 4.69) is 12.2 Å². The lowest BCUT2D eigenvalue weighted by Gasteiger charge is -1.05. The minimum absolute atomic E-state index is 0. The van der Waals surface area contributed by atoms with Crippen molar-refractivity contribution in [2.24, 2.45) is 0 Å². The third kappa shape index (κ3) is 47.6. The second kappa shape index (κ2) is 10.4. The number of halogens is 1. The highest BCUT2D eigenvalue weighted by molar-refractivity contribution is 8.93. The zero-order valence-electron chi connectivity index (χ0n) is 1.82. The summed E-state index contributed by atoms with van der Waals surface area (Å²) in [6.45, 7) is 0. The van der Waals surface area contributed by atoms with Crippen molar-refractivity contribution >= 4 is 34.4 Å². The van der Waals surface area contributed by atoms with E-state index in [1.807, 2.05) is 0 Å². The second-order valence-corrected chi connectivity index (χ2v) is 0.306. The first kappa shape index (κ1) is 8.86. The molecule has 0 bridgehead atoms. The molecule has 0 spiro atoms. The van der Waals surface area contributed by atoms with Crippen molar-refractivity contribution in [1.29, 1.82) is 5.41 Å². The molecule has 0 aromatic rings. The van der Waals surface area contributed by atoms with E-state index in [1.54, 1.807) is 5.16 Å². The van der Waals surface area contributed by atoms with Crippen LogP contribution < -0.4 is 0 Å². The fraction of sp³-hybridized carbons (Fsp3) is 0. The molecule has 0 aliphatic carbocycles. The zero-order valence-corrected chi connectivity index (χ0v) is 4.35. The van der Waals surface area contributed by atoms with Crippen molar-refractivity contribution in [2.75, 3.05) is 0 Å². The van der Waals surface area contributed by atoms with E-state index in [0.717, 1.165) is 0 Å². The molecular formula is CH2BrNS. The molecule has 0 amide bonds. The molecule has 24 valence electrons. The number of rotatable bonds is 0. The Labute approximate surface area is 40.3 Å². The van der Waals surface area contributed by atoms with Crippen LogP contribution in [0, 0.1) is 5.41 Å². The molecule has 0 saturated heterocycles. The quantitative estimate of drug-likeness (QED) is 0.397. The van der Waals surface area contributed by atoms with Crippen LogP contribution in [-0.4, -0.2) is 5.16 Å². The Morgan fingerprint density at radius 2 is 1.75 bits per heavy atom. The van der Waals surface area contributed by atoms with Crippen LogP contribution in [0.5, 0.6) is 0 Å². The topological polar surface area (TPSA) is 23.9 Å². The van der Waals surface area contributed by atoms with Crippen LogP contribution in [0.15, 0.2) is 0 Å². The molecule has 1 nitrogen and oxygen atoms in total. The Morgan fingerprint density at radius 3 is 1.75 bits per heavy atom. The summed E-state index contributed by atoms with van der Waals surface area (Å²) in [4.78, 5) is 0. The van der Waals surface area contributed by atoms with Gasteiger partial charge in [-0.15, -0.1) is 17.0 Å². The molecule has 0 heterocycles. The van der Waals surface area contributed by atoms with Crippen molar-refractivity contribution in [1.82, 2.24) is 0 Å². The van der Waals surface area contributed by atoms with Crippen LogP contribution in [0.25, 0.3) is 0 Å². The van der Waals surface area contributed by atoms with Crippen LogP contribution in [-0.2, 0) is 0 Å². The first-order valence-electron chi connectivity index (χ1n) is 0.454. The standard InChI is InChI=1S/CHNS.BrH/c2-1-3;/h2H;1H. The highest BCUT2D eigenvalue weighted by Crippen LogP contribution is 1.16. The van der Waals surface area contributed by atoms with Gasteiger partial charge in [0.25, 0.3) is 0 Å². The first-order chi connectivity index (χ1) is 1.41.